The Bertz CT molecular complexity index is 98.0. The van der Waals surface area contributed by atoms with Crippen LogP contribution >= 0.6 is 0 Å². The van der Waals surface area contributed by atoms with Gasteiger partial charge in [0.25, 0.3) is 6.02 Å². The zero-order valence-corrected chi connectivity index (χ0v) is 5.30. The van der Waals surface area contributed by atoms with Crippen LogP contribution in [0, 0.1) is 5.41 Å². The normalized spacial score (nSPS) is 6.44. The summed E-state index contributed by atoms with van der Waals surface area (Å²) >= 11 is 0. The fourth-order valence-corrected chi connectivity index (χ4v) is 0. The topological polar surface area (TPSA) is 99.2 Å². The predicted octanol–water partition coefficient (Wildman–Crippen LogP) is -1.72. The van der Waals surface area contributed by atoms with Crippen molar-refractivity contribution in [3.8, 4) is 0 Å². The highest BCUT2D eigenvalue weighted by atomic mass is 16.5. The standard InChI is InChI=1S/C2H6N2O.C2H4O2/c1-5-2(3)4;1-2(3)4/h1H3,(H3,3,4);1H3,(H,3,4)/p-1. The molecule has 9 heavy (non-hydrogen) atoms. The molecule has 0 unspecified atom stereocenters. The molecule has 3 N–H and O–H groups in total. The van der Waals surface area contributed by atoms with E-state index in [4.69, 9.17) is 15.3 Å². The minimum Gasteiger partial charge on any atom is -0.550 e. The number of rotatable bonds is 0. The lowest BCUT2D eigenvalue weighted by Crippen LogP contribution is -2.16. The number of methoxy groups -OCH3 is 1. The summed E-state index contributed by atoms with van der Waals surface area (Å²) in [5.74, 6) is -1.08. The van der Waals surface area contributed by atoms with Crippen molar-refractivity contribution in [2.45, 2.75) is 6.92 Å². The molecule has 0 fully saturated rings. The smallest absolute Gasteiger partial charge is 0.278 e. The van der Waals surface area contributed by atoms with E-state index in [-0.39, 0.29) is 6.02 Å². The van der Waals surface area contributed by atoms with Crippen LogP contribution in [0.15, 0.2) is 0 Å². The number of aliphatic carboxylic acids is 1. The van der Waals surface area contributed by atoms with Crippen LogP contribution in [-0.4, -0.2) is 19.1 Å². The molecule has 0 saturated carbocycles. The second kappa shape index (κ2) is 6.74. The Morgan fingerprint density at radius 1 is 1.78 bits per heavy atom. The van der Waals surface area contributed by atoms with E-state index in [9.17, 15) is 0 Å². The second-order valence-corrected chi connectivity index (χ2v) is 1.06. The SMILES string of the molecule is CC(=O)[O-].COC(=N)N. The van der Waals surface area contributed by atoms with Gasteiger partial charge < -0.3 is 20.4 Å². The summed E-state index contributed by atoms with van der Waals surface area (Å²) in [5.41, 5.74) is 4.65. The first kappa shape index (κ1) is 10.7. The number of hydrogen-bond donors (Lipinski definition) is 2. The van der Waals surface area contributed by atoms with Crippen LogP contribution in [0.3, 0.4) is 0 Å². The van der Waals surface area contributed by atoms with E-state index in [0.717, 1.165) is 6.92 Å². The van der Waals surface area contributed by atoms with Crippen LogP contribution in [0.2, 0.25) is 0 Å². The lowest BCUT2D eigenvalue weighted by atomic mass is 10.9. The van der Waals surface area contributed by atoms with Gasteiger partial charge in [-0.2, -0.15) is 0 Å². The largest absolute Gasteiger partial charge is 0.550 e. The van der Waals surface area contributed by atoms with Crippen LogP contribution < -0.4 is 10.8 Å². The number of nitrogens with two attached hydrogens (primary N) is 1. The third-order valence-corrected chi connectivity index (χ3v) is 0.220. The van der Waals surface area contributed by atoms with Crippen molar-refractivity contribution in [2.75, 3.05) is 7.11 Å². The van der Waals surface area contributed by atoms with Gasteiger partial charge in [-0.15, -0.1) is 0 Å². The number of ether oxygens (including phenoxy) is 1. The summed E-state index contributed by atoms with van der Waals surface area (Å²) in [6.45, 7) is 0.972. The number of amidine groups is 1. The van der Waals surface area contributed by atoms with E-state index in [1.807, 2.05) is 0 Å². The summed E-state index contributed by atoms with van der Waals surface area (Å²) in [4.78, 5) is 8.89. The molecule has 5 heteroatoms. The number of carboxylic acid groups (broad SMARTS) is 1. The molecule has 0 rings (SSSR count). The molecular formula is C4H9N2O3-. The first-order valence-corrected chi connectivity index (χ1v) is 2.06. The lowest BCUT2D eigenvalue weighted by Gasteiger charge is -1.85. The van der Waals surface area contributed by atoms with Gasteiger partial charge in [-0.3, -0.25) is 5.41 Å². The molecule has 0 atom stereocenters. The molecule has 0 heterocycles. The van der Waals surface area contributed by atoms with Crippen LogP contribution in [-0.2, 0) is 9.53 Å². The van der Waals surface area contributed by atoms with Crippen LogP contribution in [0.1, 0.15) is 6.92 Å². The van der Waals surface area contributed by atoms with Crippen molar-refractivity contribution >= 4 is 12.0 Å². The summed E-state index contributed by atoms with van der Waals surface area (Å²) < 4.78 is 4.11. The van der Waals surface area contributed by atoms with Gasteiger partial charge in [-0.25, -0.2) is 0 Å². The third kappa shape index (κ3) is 277. The fraction of sp³-hybridized carbons (Fsp3) is 0.500. The van der Waals surface area contributed by atoms with Crippen molar-refractivity contribution in [3.63, 3.8) is 0 Å². The van der Waals surface area contributed by atoms with Crippen molar-refractivity contribution in [1.82, 2.24) is 0 Å². The van der Waals surface area contributed by atoms with Crippen LogP contribution in [0.25, 0.3) is 0 Å². The van der Waals surface area contributed by atoms with Gasteiger partial charge in [0.1, 0.15) is 0 Å². The molecule has 0 radical (unpaired) electrons. The molecule has 0 bridgehead atoms. The Morgan fingerprint density at radius 3 is 1.89 bits per heavy atom. The first-order chi connectivity index (χ1) is 4.00. The average Bonchev–Trinajstić information content (AvgIpc) is 1.65. The first-order valence-electron chi connectivity index (χ1n) is 2.06. The Kier molecular flexibility index (Phi) is 7.99. The molecule has 0 aromatic carbocycles. The number of nitrogens with one attached hydrogen (secondary N) is 1. The average molecular weight is 133 g/mol. The minimum atomic E-state index is -1.08. The maximum Gasteiger partial charge on any atom is 0.278 e. The van der Waals surface area contributed by atoms with Gasteiger partial charge in [-0.1, -0.05) is 0 Å². The molecule has 0 amide bonds. The Balaban J connectivity index is 0. The van der Waals surface area contributed by atoms with Crippen molar-refractivity contribution in [2.24, 2.45) is 5.73 Å². The van der Waals surface area contributed by atoms with Gasteiger partial charge >= 0.3 is 0 Å². The van der Waals surface area contributed by atoms with Crippen LogP contribution in [0.5, 0.6) is 0 Å². The third-order valence-electron chi connectivity index (χ3n) is 0.220. The Hall–Kier alpha value is -1.26. The van der Waals surface area contributed by atoms with Gasteiger partial charge in [0, 0.05) is 5.97 Å². The van der Waals surface area contributed by atoms with Gasteiger partial charge in [0.15, 0.2) is 0 Å². The quantitative estimate of drug-likeness (QED) is 0.303. The summed E-state index contributed by atoms with van der Waals surface area (Å²) in [7, 11) is 1.35. The summed E-state index contributed by atoms with van der Waals surface area (Å²) in [5, 5.41) is 15.2. The van der Waals surface area contributed by atoms with E-state index in [2.05, 4.69) is 10.5 Å². The van der Waals surface area contributed by atoms with Gasteiger partial charge in [-0.05, 0) is 6.92 Å². The Labute approximate surface area is 52.9 Å². The summed E-state index contributed by atoms with van der Waals surface area (Å²) in [6, 6.07) is -0.245. The number of carbonyl (C=O) groups excluding carboxylic acids is 1. The highest BCUT2D eigenvalue weighted by Crippen LogP contribution is 1.50. The molecule has 0 spiro atoms. The van der Waals surface area contributed by atoms with E-state index in [1.54, 1.807) is 0 Å². The van der Waals surface area contributed by atoms with Crippen molar-refractivity contribution in [3.05, 3.63) is 0 Å². The molecular weight excluding hydrogens is 124 g/mol. The molecule has 5 nitrogen and oxygen atoms in total. The van der Waals surface area contributed by atoms with Gasteiger partial charge in [0.2, 0.25) is 0 Å². The highest BCUT2D eigenvalue weighted by molar-refractivity contribution is 5.67. The monoisotopic (exact) mass is 133 g/mol. The molecule has 0 aromatic heterocycles. The Morgan fingerprint density at radius 2 is 1.89 bits per heavy atom. The second-order valence-electron chi connectivity index (χ2n) is 1.06. The number of hydrogen-bond acceptors (Lipinski definition) is 4. The maximum absolute atomic E-state index is 8.89. The van der Waals surface area contributed by atoms with E-state index >= 15 is 0 Å². The molecule has 0 aliphatic heterocycles. The zero-order chi connectivity index (χ0) is 7.86. The number of carboxylic acids is 1. The molecule has 0 aliphatic carbocycles. The summed E-state index contributed by atoms with van der Waals surface area (Å²) in [6.07, 6.45) is 0. The minimum absolute atomic E-state index is 0.245. The van der Waals surface area contributed by atoms with Crippen molar-refractivity contribution < 1.29 is 14.6 Å². The number of carbonyl (C=O) groups is 1. The maximum atomic E-state index is 8.89. The van der Waals surface area contributed by atoms with Gasteiger partial charge in [0.05, 0.1) is 7.11 Å². The van der Waals surface area contributed by atoms with Crippen molar-refractivity contribution in [1.29, 1.82) is 5.41 Å². The zero-order valence-electron chi connectivity index (χ0n) is 5.30. The molecule has 0 aliphatic rings. The van der Waals surface area contributed by atoms with E-state index < -0.39 is 5.97 Å². The van der Waals surface area contributed by atoms with Crippen LogP contribution in [0.4, 0.5) is 0 Å². The highest BCUT2D eigenvalue weighted by Gasteiger charge is 1.68. The predicted molar refractivity (Wildman–Crippen MR) is 29.6 cm³/mol. The molecule has 0 saturated heterocycles. The van der Waals surface area contributed by atoms with E-state index in [0.29, 0.717) is 0 Å². The fourth-order valence-electron chi connectivity index (χ4n) is 0. The lowest BCUT2D eigenvalue weighted by molar-refractivity contribution is -0.302. The molecule has 0 aromatic rings. The van der Waals surface area contributed by atoms with E-state index in [1.165, 1.54) is 7.11 Å². The molecule has 54 valence electrons.